The van der Waals surface area contributed by atoms with E-state index in [-0.39, 0.29) is 12.5 Å². The zero-order chi connectivity index (χ0) is 11.3. The normalized spacial score (nSPS) is 30.7. The summed E-state index contributed by atoms with van der Waals surface area (Å²) in [6.07, 6.45) is 0.693. The summed E-state index contributed by atoms with van der Waals surface area (Å²) in [6.45, 7) is -0.271. The van der Waals surface area contributed by atoms with Gasteiger partial charge in [-0.2, -0.15) is 5.26 Å². The summed E-state index contributed by atoms with van der Waals surface area (Å²) in [5.74, 6) is 0.0835. The molecule has 0 radical (unpaired) electrons. The van der Waals surface area contributed by atoms with E-state index < -0.39 is 18.6 Å². The molecular weight excluding hydrogens is 202 g/mol. The third-order valence-electron chi connectivity index (χ3n) is 2.93. The molecule has 2 atom stereocenters. The zero-order valence-corrected chi connectivity index (χ0v) is 8.59. The summed E-state index contributed by atoms with van der Waals surface area (Å²) in [5.41, 5.74) is 5.11. The average Bonchev–Trinajstić information content (AvgIpc) is 2.56. The van der Waals surface area contributed by atoms with E-state index in [1.54, 1.807) is 0 Å². The minimum absolute atomic E-state index is 0.0835. The number of nitriles is 1. The summed E-state index contributed by atoms with van der Waals surface area (Å²) in [5, 5.41) is 8.90. The first-order chi connectivity index (χ1) is 7.08. The number of ether oxygens (including phenoxy) is 1. The first-order valence-electron chi connectivity index (χ1n) is 5.14. The van der Waals surface area contributed by atoms with E-state index in [9.17, 15) is 8.78 Å². The second-order valence-corrected chi connectivity index (χ2v) is 4.00. The molecule has 1 fully saturated rings. The molecule has 0 saturated heterocycles. The van der Waals surface area contributed by atoms with Crippen LogP contribution in [0.25, 0.3) is 0 Å². The quantitative estimate of drug-likeness (QED) is 0.714. The summed E-state index contributed by atoms with van der Waals surface area (Å²) in [6, 6.07) is 2.11. The van der Waals surface area contributed by atoms with Crippen LogP contribution in [-0.4, -0.2) is 25.2 Å². The maximum absolute atomic E-state index is 11.8. The van der Waals surface area contributed by atoms with E-state index >= 15 is 0 Å². The van der Waals surface area contributed by atoms with Crippen molar-refractivity contribution in [2.75, 3.05) is 13.2 Å². The van der Waals surface area contributed by atoms with Crippen molar-refractivity contribution in [1.29, 1.82) is 5.26 Å². The van der Waals surface area contributed by atoms with Gasteiger partial charge in [-0.3, -0.25) is 0 Å². The van der Waals surface area contributed by atoms with Crippen LogP contribution >= 0.6 is 0 Å². The van der Waals surface area contributed by atoms with Gasteiger partial charge in [0.25, 0.3) is 6.43 Å². The van der Waals surface area contributed by atoms with Gasteiger partial charge in [0.1, 0.15) is 12.1 Å². The van der Waals surface area contributed by atoms with Crippen molar-refractivity contribution >= 4 is 0 Å². The van der Waals surface area contributed by atoms with Gasteiger partial charge in [0, 0.05) is 6.61 Å². The Bertz CT molecular complexity index is 242. The van der Waals surface area contributed by atoms with E-state index in [1.807, 2.05) is 0 Å². The average molecular weight is 218 g/mol. The molecule has 1 aliphatic rings. The number of alkyl halides is 2. The molecule has 0 amide bonds. The monoisotopic (exact) mass is 218 g/mol. The summed E-state index contributed by atoms with van der Waals surface area (Å²) in [4.78, 5) is 0. The van der Waals surface area contributed by atoms with Gasteiger partial charge < -0.3 is 10.5 Å². The van der Waals surface area contributed by atoms with Crippen LogP contribution in [0.5, 0.6) is 0 Å². The largest absolute Gasteiger partial charge is 0.376 e. The fraction of sp³-hybridized carbons (Fsp3) is 0.900. The molecular formula is C10H16F2N2O. The maximum Gasteiger partial charge on any atom is 0.261 e. The third-order valence-corrected chi connectivity index (χ3v) is 2.93. The molecule has 5 heteroatoms. The maximum atomic E-state index is 11.8. The Kier molecular flexibility index (Phi) is 4.43. The molecule has 0 aromatic rings. The molecule has 0 spiro atoms. The highest BCUT2D eigenvalue weighted by atomic mass is 19.3. The molecule has 1 saturated carbocycles. The Morgan fingerprint density at radius 3 is 2.93 bits per heavy atom. The van der Waals surface area contributed by atoms with Crippen LogP contribution in [0.1, 0.15) is 25.7 Å². The van der Waals surface area contributed by atoms with Crippen molar-refractivity contribution < 1.29 is 13.5 Å². The second-order valence-electron chi connectivity index (χ2n) is 4.00. The van der Waals surface area contributed by atoms with Gasteiger partial charge >= 0.3 is 0 Å². The lowest BCUT2D eigenvalue weighted by atomic mass is 9.87. The topological polar surface area (TPSA) is 59.0 Å². The predicted molar refractivity (Wildman–Crippen MR) is 51.3 cm³/mol. The summed E-state index contributed by atoms with van der Waals surface area (Å²) < 4.78 is 28.3. The van der Waals surface area contributed by atoms with Gasteiger partial charge in [-0.25, -0.2) is 8.78 Å². The predicted octanol–water partition coefficient (Wildman–Crippen LogP) is 1.68. The standard InChI is InChI=1S/C10H16F2N2O/c11-9(12)6-15-5-3-8-2-1-4-10(8,14)7-13/h8-9H,1-6,14H2. The summed E-state index contributed by atoms with van der Waals surface area (Å²) >= 11 is 0. The highest BCUT2D eigenvalue weighted by molar-refractivity contribution is 5.11. The van der Waals surface area contributed by atoms with Crippen LogP contribution in [0, 0.1) is 17.2 Å². The van der Waals surface area contributed by atoms with E-state index in [0.717, 1.165) is 12.8 Å². The van der Waals surface area contributed by atoms with Crippen LogP contribution in [0.3, 0.4) is 0 Å². The molecule has 0 aromatic heterocycles. The molecule has 86 valence electrons. The number of nitrogens with zero attached hydrogens (tertiary/aromatic N) is 1. The van der Waals surface area contributed by atoms with Crippen molar-refractivity contribution in [2.45, 2.75) is 37.6 Å². The minimum Gasteiger partial charge on any atom is -0.376 e. The molecule has 3 nitrogen and oxygen atoms in total. The first kappa shape index (κ1) is 12.3. The molecule has 0 aliphatic heterocycles. The van der Waals surface area contributed by atoms with Crippen molar-refractivity contribution in [1.82, 2.24) is 0 Å². The highest BCUT2D eigenvalue weighted by Gasteiger charge is 2.39. The fourth-order valence-electron chi connectivity index (χ4n) is 2.05. The molecule has 1 aliphatic carbocycles. The van der Waals surface area contributed by atoms with Gasteiger partial charge in [-0.1, -0.05) is 6.42 Å². The smallest absolute Gasteiger partial charge is 0.261 e. The summed E-state index contributed by atoms with van der Waals surface area (Å²) in [7, 11) is 0. The molecule has 2 unspecified atom stereocenters. The van der Waals surface area contributed by atoms with Crippen molar-refractivity contribution in [2.24, 2.45) is 11.7 Å². The lowest BCUT2D eigenvalue weighted by Gasteiger charge is -2.23. The highest BCUT2D eigenvalue weighted by Crippen LogP contribution is 2.35. The van der Waals surface area contributed by atoms with E-state index in [0.29, 0.717) is 12.8 Å². The Morgan fingerprint density at radius 1 is 1.60 bits per heavy atom. The minimum atomic E-state index is -2.42. The number of rotatable bonds is 5. The zero-order valence-electron chi connectivity index (χ0n) is 8.59. The number of halogens is 2. The Morgan fingerprint density at radius 2 is 2.33 bits per heavy atom. The number of hydrogen-bond acceptors (Lipinski definition) is 3. The van der Waals surface area contributed by atoms with Crippen LogP contribution in [0.15, 0.2) is 0 Å². The van der Waals surface area contributed by atoms with E-state index in [2.05, 4.69) is 6.07 Å². The van der Waals surface area contributed by atoms with Crippen LogP contribution in [0.4, 0.5) is 8.78 Å². The van der Waals surface area contributed by atoms with Crippen LogP contribution < -0.4 is 5.73 Å². The van der Waals surface area contributed by atoms with Crippen LogP contribution in [-0.2, 0) is 4.74 Å². The Hall–Kier alpha value is -0.730. The second kappa shape index (κ2) is 5.38. The number of nitrogens with two attached hydrogens (primary N) is 1. The number of hydrogen-bond donors (Lipinski definition) is 1. The van der Waals surface area contributed by atoms with Gasteiger partial charge in [0.15, 0.2) is 0 Å². The van der Waals surface area contributed by atoms with Crippen molar-refractivity contribution in [3.05, 3.63) is 0 Å². The van der Waals surface area contributed by atoms with E-state index in [1.165, 1.54) is 0 Å². The Labute approximate surface area is 88.2 Å². The van der Waals surface area contributed by atoms with Gasteiger partial charge in [0.2, 0.25) is 0 Å². The molecule has 0 bridgehead atoms. The van der Waals surface area contributed by atoms with Gasteiger partial charge in [-0.15, -0.1) is 0 Å². The lowest BCUT2D eigenvalue weighted by molar-refractivity contribution is 0.0118. The van der Waals surface area contributed by atoms with Gasteiger partial charge in [-0.05, 0) is 25.2 Å². The molecule has 0 aromatic carbocycles. The lowest BCUT2D eigenvalue weighted by Crippen LogP contribution is -2.42. The third kappa shape index (κ3) is 3.40. The fourth-order valence-corrected chi connectivity index (χ4v) is 2.05. The molecule has 0 heterocycles. The molecule has 1 rings (SSSR count). The van der Waals surface area contributed by atoms with Gasteiger partial charge in [0.05, 0.1) is 6.07 Å². The van der Waals surface area contributed by atoms with Crippen molar-refractivity contribution in [3.63, 3.8) is 0 Å². The first-order valence-corrected chi connectivity index (χ1v) is 5.14. The molecule has 15 heavy (non-hydrogen) atoms. The van der Waals surface area contributed by atoms with E-state index in [4.69, 9.17) is 15.7 Å². The van der Waals surface area contributed by atoms with Crippen molar-refractivity contribution in [3.8, 4) is 6.07 Å². The Balaban J connectivity index is 2.24. The van der Waals surface area contributed by atoms with Crippen LogP contribution in [0.2, 0.25) is 0 Å². The molecule has 2 N–H and O–H groups in total. The SMILES string of the molecule is N#CC1(N)CCCC1CCOCC(F)F.